The van der Waals surface area contributed by atoms with Crippen molar-refractivity contribution in [3.05, 3.63) is 77.9 Å². The summed E-state index contributed by atoms with van der Waals surface area (Å²) in [5, 5.41) is 2.89. The van der Waals surface area contributed by atoms with Gasteiger partial charge in [0.2, 0.25) is 5.91 Å². The second kappa shape index (κ2) is 11.8. The summed E-state index contributed by atoms with van der Waals surface area (Å²) in [4.78, 5) is 13.1. The van der Waals surface area contributed by atoms with Gasteiger partial charge in [0.25, 0.3) is 10.0 Å². The lowest BCUT2D eigenvalue weighted by molar-refractivity contribution is -0.120. The summed E-state index contributed by atoms with van der Waals surface area (Å²) in [6, 6.07) is 18.4. The number of methoxy groups -OCH3 is 2. The number of anilines is 1. The molecule has 0 aliphatic heterocycles. The Balaban J connectivity index is 1.94. The van der Waals surface area contributed by atoms with Crippen LogP contribution >= 0.6 is 0 Å². The number of benzene rings is 3. The Hall–Kier alpha value is -3.72. The summed E-state index contributed by atoms with van der Waals surface area (Å²) < 4.78 is 44.8. The lowest BCUT2D eigenvalue weighted by Crippen LogP contribution is -2.41. The van der Waals surface area contributed by atoms with Crippen molar-refractivity contribution in [1.82, 2.24) is 5.32 Å². The Kier molecular flexibility index (Phi) is 8.82. The third-order valence-corrected chi connectivity index (χ3v) is 7.40. The standard InChI is InChI=1S/C27H32N2O6S/c1-6-35-24-14-10-22(11-15-24)29(36(31,32)26-17-19(2)7-16-25(26)34-5)18-27(30)28-20(3)21-8-12-23(33-4)13-9-21/h7-17,20H,6,18H2,1-5H3,(H,28,30)/t20-/m0/s1. The monoisotopic (exact) mass is 512 g/mol. The van der Waals surface area contributed by atoms with Gasteiger partial charge in [0, 0.05) is 0 Å². The molecule has 1 atom stereocenters. The summed E-state index contributed by atoms with van der Waals surface area (Å²) in [7, 11) is -1.17. The maximum atomic E-state index is 13.9. The van der Waals surface area contributed by atoms with E-state index >= 15 is 0 Å². The predicted molar refractivity (Wildman–Crippen MR) is 139 cm³/mol. The van der Waals surface area contributed by atoms with Gasteiger partial charge in [-0.15, -0.1) is 0 Å². The van der Waals surface area contributed by atoms with Crippen LogP contribution in [-0.4, -0.2) is 41.7 Å². The number of rotatable bonds is 11. The molecular formula is C27H32N2O6S. The number of sulfonamides is 1. The van der Waals surface area contributed by atoms with Crippen LogP contribution in [0, 0.1) is 6.92 Å². The van der Waals surface area contributed by atoms with Crippen molar-refractivity contribution in [3.63, 3.8) is 0 Å². The molecule has 9 heteroatoms. The molecule has 3 aromatic rings. The molecule has 0 aliphatic rings. The quantitative estimate of drug-likeness (QED) is 0.407. The zero-order valence-electron chi connectivity index (χ0n) is 21.1. The van der Waals surface area contributed by atoms with E-state index in [4.69, 9.17) is 14.2 Å². The van der Waals surface area contributed by atoms with E-state index in [2.05, 4.69) is 5.32 Å². The van der Waals surface area contributed by atoms with E-state index in [0.29, 0.717) is 23.8 Å². The van der Waals surface area contributed by atoms with E-state index < -0.39 is 22.5 Å². The summed E-state index contributed by atoms with van der Waals surface area (Å²) in [5.41, 5.74) is 1.94. The minimum absolute atomic E-state index is 0.0186. The number of nitrogens with zero attached hydrogens (tertiary/aromatic N) is 1. The SMILES string of the molecule is CCOc1ccc(N(CC(=O)N[C@@H](C)c2ccc(OC)cc2)S(=O)(=O)c2cc(C)ccc2OC)cc1. The van der Waals surface area contributed by atoms with Crippen molar-refractivity contribution in [2.75, 3.05) is 31.7 Å². The molecule has 1 N–H and O–H groups in total. The number of amides is 1. The Morgan fingerprint density at radius 1 is 0.944 bits per heavy atom. The average Bonchev–Trinajstić information content (AvgIpc) is 2.88. The van der Waals surface area contributed by atoms with Gasteiger partial charge >= 0.3 is 0 Å². The average molecular weight is 513 g/mol. The molecule has 0 spiro atoms. The first-order valence-corrected chi connectivity index (χ1v) is 13.0. The molecule has 0 radical (unpaired) electrons. The van der Waals surface area contributed by atoms with Crippen LogP contribution in [0.1, 0.15) is 31.0 Å². The van der Waals surface area contributed by atoms with Crippen LogP contribution in [0.15, 0.2) is 71.6 Å². The fraction of sp³-hybridized carbons (Fsp3) is 0.296. The molecule has 8 nitrogen and oxygen atoms in total. The van der Waals surface area contributed by atoms with Gasteiger partial charge in [-0.2, -0.15) is 0 Å². The van der Waals surface area contributed by atoms with Gasteiger partial charge in [0.05, 0.1) is 32.6 Å². The molecule has 3 rings (SSSR count). The Morgan fingerprint density at radius 2 is 1.58 bits per heavy atom. The first-order chi connectivity index (χ1) is 17.2. The van der Waals surface area contributed by atoms with Gasteiger partial charge in [-0.05, 0) is 80.4 Å². The van der Waals surface area contributed by atoms with Crippen molar-refractivity contribution >= 4 is 21.6 Å². The van der Waals surface area contributed by atoms with Gasteiger partial charge in [-0.1, -0.05) is 18.2 Å². The fourth-order valence-corrected chi connectivity index (χ4v) is 5.35. The molecule has 0 aromatic heterocycles. The van der Waals surface area contributed by atoms with Gasteiger partial charge < -0.3 is 19.5 Å². The topological polar surface area (TPSA) is 94.2 Å². The normalized spacial score (nSPS) is 11.9. The molecule has 0 saturated heterocycles. The van der Waals surface area contributed by atoms with Gasteiger partial charge in [0.15, 0.2) is 0 Å². The van der Waals surface area contributed by atoms with Crippen molar-refractivity contribution in [2.45, 2.75) is 31.7 Å². The summed E-state index contributed by atoms with van der Waals surface area (Å²) in [6.45, 7) is 5.55. The fourth-order valence-electron chi connectivity index (χ4n) is 3.69. The smallest absolute Gasteiger partial charge is 0.268 e. The molecule has 0 aliphatic carbocycles. The maximum Gasteiger partial charge on any atom is 0.268 e. The highest BCUT2D eigenvalue weighted by atomic mass is 32.2. The number of hydrogen-bond acceptors (Lipinski definition) is 6. The molecule has 0 heterocycles. The molecule has 0 bridgehead atoms. The molecular weight excluding hydrogens is 480 g/mol. The van der Waals surface area contributed by atoms with Crippen molar-refractivity contribution in [1.29, 1.82) is 0 Å². The van der Waals surface area contributed by atoms with E-state index in [0.717, 1.165) is 15.4 Å². The van der Waals surface area contributed by atoms with Gasteiger partial charge in [-0.25, -0.2) is 8.42 Å². The van der Waals surface area contributed by atoms with Crippen molar-refractivity contribution < 1.29 is 27.4 Å². The Morgan fingerprint density at radius 3 is 2.17 bits per heavy atom. The van der Waals surface area contributed by atoms with Crippen molar-refractivity contribution in [3.8, 4) is 17.2 Å². The van der Waals surface area contributed by atoms with Crippen molar-refractivity contribution in [2.24, 2.45) is 0 Å². The number of carbonyl (C=O) groups excluding carboxylic acids is 1. The molecule has 36 heavy (non-hydrogen) atoms. The lowest BCUT2D eigenvalue weighted by atomic mass is 10.1. The van der Waals surface area contributed by atoms with Crippen LogP contribution < -0.4 is 23.8 Å². The van der Waals surface area contributed by atoms with Crippen LogP contribution in [-0.2, 0) is 14.8 Å². The largest absolute Gasteiger partial charge is 0.497 e. The number of carbonyl (C=O) groups is 1. The first-order valence-electron chi connectivity index (χ1n) is 11.5. The molecule has 3 aromatic carbocycles. The van der Waals surface area contributed by atoms with E-state index in [1.54, 1.807) is 62.6 Å². The number of ether oxygens (including phenoxy) is 3. The van der Waals surface area contributed by atoms with E-state index in [1.807, 2.05) is 26.0 Å². The molecule has 192 valence electrons. The number of nitrogens with one attached hydrogen (secondary N) is 1. The highest BCUT2D eigenvalue weighted by Crippen LogP contribution is 2.31. The van der Waals surface area contributed by atoms with E-state index in [1.165, 1.54) is 13.2 Å². The Bertz CT molecular complexity index is 1270. The maximum absolute atomic E-state index is 13.9. The molecule has 1 amide bonds. The zero-order valence-corrected chi connectivity index (χ0v) is 22.0. The van der Waals surface area contributed by atoms with Crippen LogP contribution in [0.25, 0.3) is 0 Å². The lowest BCUT2D eigenvalue weighted by Gasteiger charge is -2.26. The van der Waals surface area contributed by atoms with Crippen LogP contribution in [0.2, 0.25) is 0 Å². The van der Waals surface area contributed by atoms with Gasteiger partial charge in [0.1, 0.15) is 28.7 Å². The summed E-state index contributed by atoms with van der Waals surface area (Å²) >= 11 is 0. The third kappa shape index (κ3) is 6.28. The summed E-state index contributed by atoms with van der Waals surface area (Å²) in [5.74, 6) is 1.05. The first kappa shape index (κ1) is 26.9. The van der Waals surface area contributed by atoms with E-state index in [9.17, 15) is 13.2 Å². The second-order valence-corrected chi connectivity index (χ2v) is 9.99. The van der Waals surface area contributed by atoms with Gasteiger partial charge in [-0.3, -0.25) is 9.10 Å². The number of aryl methyl sites for hydroxylation is 1. The minimum Gasteiger partial charge on any atom is -0.497 e. The molecule has 0 unspecified atom stereocenters. The zero-order chi connectivity index (χ0) is 26.3. The van der Waals surface area contributed by atoms with E-state index in [-0.39, 0.29) is 16.7 Å². The third-order valence-electron chi connectivity index (χ3n) is 5.60. The predicted octanol–water partition coefficient (Wildman–Crippen LogP) is 4.48. The molecule has 0 saturated carbocycles. The highest BCUT2D eigenvalue weighted by molar-refractivity contribution is 7.93. The van der Waals surface area contributed by atoms with Crippen LogP contribution in [0.3, 0.4) is 0 Å². The minimum atomic E-state index is -4.16. The second-order valence-electron chi connectivity index (χ2n) is 8.16. The summed E-state index contributed by atoms with van der Waals surface area (Å²) in [6.07, 6.45) is 0. The molecule has 0 fully saturated rings. The highest BCUT2D eigenvalue weighted by Gasteiger charge is 2.30. The van der Waals surface area contributed by atoms with Crippen LogP contribution in [0.5, 0.6) is 17.2 Å². The number of hydrogen-bond donors (Lipinski definition) is 1. The Labute approximate surface area is 212 Å². The van der Waals surface area contributed by atoms with Crippen LogP contribution in [0.4, 0.5) is 5.69 Å².